The van der Waals surface area contributed by atoms with Gasteiger partial charge in [-0.25, -0.2) is 0 Å². The maximum absolute atomic E-state index is 2.57. The van der Waals surface area contributed by atoms with Gasteiger partial charge in [-0.3, -0.25) is 0 Å². The average Bonchev–Trinajstić information content (AvgIpc) is 2.50. The maximum Gasteiger partial charge on any atom is 0.0176 e. The van der Waals surface area contributed by atoms with Crippen LogP contribution in [0.25, 0.3) is 0 Å². The van der Waals surface area contributed by atoms with Crippen LogP contribution in [-0.2, 0) is 12.8 Å². The lowest BCUT2D eigenvalue weighted by Crippen LogP contribution is -2.38. The topological polar surface area (TPSA) is 3.24 Å². The second-order valence-corrected chi connectivity index (χ2v) is 5.25. The van der Waals surface area contributed by atoms with Crippen molar-refractivity contribution in [3.8, 4) is 0 Å². The third-order valence-electron chi connectivity index (χ3n) is 3.96. The van der Waals surface area contributed by atoms with Crippen LogP contribution in [0.5, 0.6) is 0 Å². The molecule has 0 aliphatic rings. The summed E-state index contributed by atoms with van der Waals surface area (Å²) >= 11 is 0. The summed E-state index contributed by atoms with van der Waals surface area (Å²) in [6.45, 7) is 6.74. The van der Waals surface area contributed by atoms with Crippen LogP contribution in [0.15, 0.2) is 60.7 Å². The first-order valence-corrected chi connectivity index (χ1v) is 7.65. The molecule has 20 heavy (non-hydrogen) atoms. The summed E-state index contributed by atoms with van der Waals surface area (Å²) in [5.74, 6) is 0. The number of hydrogen-bond donors (Lipinski definition) is 0. The molecule has 0 aliphatic heterocycles. The van der Waals surface area contributed by atoms with Crippen molar-refractivity contribution in [2.45, 2.75) is 32.7 Å². The molecule has 0 aliphatic carbocycles. The van der Waals surface area contributed by atoms with Gasteiger partial charge in [-0.2, -0.15) is 0 Å². The van der Waals surface area contributed by atoms with Gasteiger partial charge >= 0.3 is 0 Å². The second kappa shape index (κ2) is 7.86. The van der Waals surface area contributed by atoms with Crippen LogP contribution < -0.4 is 0 Å². The number of hydrogen-bond acceptors (Lipinski definition) is 1. The van der Waals surface area contributed by atoms with Gasteiger partial charge in [-0.15, -0.1) is 0 Å². The fourth-order valence-corrected chi connectivity index (χ4v) is 2.84. The Bertz CT molecular complexity index is 432. The Morgan fingerprint density at radius 1 is 0.700 bits per heavy atom. The van der Waals surface area contributed by atoms with Crippen molar-refractivity contribution in [3.63, 3.8) is 0 Å². The molecule has 0 unspecified atom stereocenters. The van der Waals surface area contributed by atoms with Crippen molar-refractivity contribution in [2.24, 2.45) is 0 Å². The molecule has 2 aromatic rings. The van der Waals surface area contributed by atoms with Crippen LogP contribution in [0, 0.1) is 0 Å². The van der Waals surface area contributed by atoms with E-state index in [1.54, 1.807) is 0 Å². The lowest BCUT2D eigenvalue weighted by molar-refractivity contribution is 0.213. The predicted octanol–water partition coefficient (Wildman–Crippen LogP) is 4.18. The van der Waals surface area contributed by atoms with Gasteiger partial charge < -0.3 is 4.90 Å². The van der Waals surface area contributed by atoms with Gasteiger partial charge in [-0.1, -0.05) is 74.5 Å². The van der Waals surface area contributed by atoms with Crippen LogP contribution in [0.4, 0.5) is 0 Å². The van der Waals surface area contributed by atoms with E-state index >= 15 is 0 Å². The van der Waals surface area contributed by atoms with E-state index in [0.29, 0.717) is 6.04 Å². The van der Waals surface area contributed by atoms with Crippen molar-refractivity contribution in [2.75, 3.05) is 13.1 Å². The van der Waals surface area contributed by atoms with Crippen LogP contribution in [0.1, 0.15) is 25.0 Å². The van der Waals surface area contributed by atoms with E-state index < -0.39 is 0 Å². The predicted molar refractivity (Wildman–Crippen MR) is 87.0 cm³/mol. The highest BCUT2D eigenvalue weighted by molar-refractivity contribution is 5.19. The molecule has 0 radical (unpaired) electrons. The SMILES string of the molecule is CCN(CC)C(Cc1ccccc1)Cc1ccccc1. The minimum absolute atomic E-state index is 0.579. The van der Waals surface area contributed by atoms with Crippen molar-refractivity contribution in [1.29, 1.82) is 0 Å². The summed E-state index contributed by atoms with van der Waals surface area (Å²) in [4.78, 5) is 2.57. The van der Waals surface area contributed by atoms with Crippen LogP contribution >= 0.6 is 0 Å². The van der Waals surface area contributed by atoms with E-state index in [-0.39, 0.29) is 0 Å². The zero-order valence-corrected chi connectivity index (χ0v) is 12.6. The highest BCUT2D eigenvalue weighted by Crippen LogP contribution is 2.14. The van der Waals surface area contributed by atoms with Gasteiger partial charge in [0.1, 0.15) is 0 Å². The first kappa shape index (κ1) is 14.8. The van der Waals surface area contributed by atoms with Gasteiger partial charge in [0.15, 0.2) is 0 Å². The lowest BCUT2D eigenvalue weighted by atomic mass is 9.97. The Kier molecular flexibility index (Phi) is 5.82. The van der Waals surface area contributed by atoms with Crippen molar-refractivity contribution in [3.05, 3.63) is 71.8 Å². The van der Waals surface area contributed by atoms with Gasteiger partial charge in [0.2, 0.25) is 0 Å². The molecule has 2 aromatic carbocycles. The van der Waals surface area contributed by atoms with Crippen molar-refractivity contribution >= 4 is 0 Å². The number of rotatable bonds is 7. The molecule has 0 saturated carbocycles. The minimum Gasteiger partial charge on any atom is -0.300 e. The highest BCUT2D eigenvalue weighted by atomic mass is 15.1. The minimum atomic E-state index is 0.579. The first-order chi connectivity index (χ1) is 9.83. The molecule has 1 nitrogen and oxygen atoms in total. The maximum atomic E-state index is 2.57. The molecule has 0 bridgehead atoms. The van der Waals surface area contributed by atoms with Gasteiger partial charge in [0, 0.05) is 6.04 Å². The van der Waals surface area contributed by atoms with E-state index in [4.69, 9.17) is 0 Å². The fourth-order valence-electron chi connectivity index (χ4n) is 2.84. The normalized spacial score (nSPS) is 11.2. The summed E-state index contributed by atoms with van der Waals surface area (Å²) in [5, 5.41) is 0. The van der Waals surface area contributed by atoms with E-state index in [0.717, 1.165) is 25.9 Å². The molecule has 0 amide bonds. The summed E-state index contributed by atoms with van der Waals surface area (Å²) in [7, 11) is 0. The quantitative estimate of drug-likeness (QED) is 0.727. The second-order valence-electron chi connectivity index (χ2n) is 5.25. The van der Waals surface area contributed by atoms with Crippen molar-refractivity contribution in [1.82, 2.24) is 4.90 Å². The molecule has 0 spiro atoms. The Balaban J connectivity index is 2.12. The molecule has 0 atom stereocenters. The fraction of sp³-hybridized carbons (Fsp3) is 0.368. The number of nitrogens with zero attached hydrogens (tertiary/aromatic N) is 1. The Morgan fingerprint density at radius 2 is 1.10 bits per heavy atom. The van der Waals surface area contributed by atoms with Crippen LogP contribution in [-0.4, -0.2) is 24.0 Å². The first-order valence-electron chi connectivity index (χ1n) is 7.65. The molecular formula is C19H25N. The standard InChI is InChI=1S/C19H25N/c1-3-20(4-2)19(15-17-11-7-5-8-12-17)16-18-13-9-6-10-14-18/h5-14,19H,3-4,15-16H2,1-2H3. The zero-order valence-electron chi connectivity index (χ0n) is 12.6. The molecule has 0 fully saturated rings. The zero-order chi connectivity index (χ0) is 14.2. The van der Waals surface area contributed by atoms with E-state index in [9.17, 15) is 0 Å². The Hall–Kier alpha value is -1.60. The summed E-state index contributed by atoms with van der Waals surface area (Å²) in [6, 6.07) is 22.3. The summed E-state index contributed by atoms with van der Waals surface area (Å²) in [6.07, 6.45) is 2.24. The monoisotopic (exact) mass is 267 g/mol. The summed E-state index contributed by atoms with van der Waals surface area (Å²) < 4.78 is 0. The Labute approximate surface area is 123 Å². The summed E-state index contributed by atoms with van der Waals surface area (Å²) in [5.41, 5.74) is 2.86. The van der Waals surface area contributed by atoms with Gasteiger partial charge in [-0.05, 0) is 37.1 Å². The molecule has 0 aromatic heterocycles. The molecule has 2 rings (SSSR count). The lowest BCUT2D eigenvalue weighted by Gasteiger charge is -2.30. The number of likely N-dealkylation sites (N-methyl/N-ethyl adjacent to an activating group) is 1. The molecular weight excluding hydrogens is 242 g/mol. The third-order valence-corrected chi connectivity index (χ3v) is 3.96. The molecule has 0 saturated heterocycles. The van der Waals surface area contributed by atoms with E-state index in [1.165, 1.54) is 11.1 Å². The molecule has 106 valence electrons. The van der Waals surface area contributed by atoms with E-state index in [1.807, 2.05) is 0 Å². The van der Waals surface area contributed by atoms with Crippen LogP contribution in [0.3, 0.4) is 0 Å². The largest absolute Gasteiger partial charge is 0.300 e. The molecule has 1 heteroatoms. The molecule has 0 heterocycles. The van der Waals surface area contributed by atoms with Crippen LogP contribution in [0.2, 0.25) is 0 Å². The van der Waals surface area contributed by atoms with Crippen molar-refractivity contribution < 1.29 is 0 Å². The third kappa shape index (κ3) is 4.21. The smallest absolute Gasteiger partial charge is 0.0176 e. The van der Waals surface area contributed by atoms with Gasteiger partial charge in [0.05, 0.1) is 0 Å². The Morgan fingerprint density at radius 3 is 1.45 bits per heavy atom. The average molecular weight is 267 g/mol. The van der Waals surface area contributed by atoms with E-state index in [2.05, 4.69) is 79.4 Å². The number of benzene rings is 2. The molecule has 0 N–H and O–H groups in total. The highest BCUT2D eigenvalue weighted by Gasteiger charge is 2.16. The van der Waals surface area contributed by atoms with Gasteiger partial charge in [0.25, 0.3) is 0 Å².